The first kappa shape index (κ1) is 9.79. The van der Waals surface area contributed by atoms with Crippen LogP contribution in [0.2, 0.25) is 0 Å². The van der Waals surface area contributed by atoms with E-state index in [-0.39, 0.29) is 3.71 Å². The molecule has 0 bridgehead atoms. The van der Waals surface area contributed by atoms with Crippen LogP contribution in [-0.4, -0.2) is 33.8 Å². The molecule has 8 heteroatoms. The third kappa shape index (κ3) is 2.58. The first-order valence-electron chi connectivity index (χ1n) is 2.04. The van der Waals surface area contributed by atoms with Gasteiger partial charge in [0.2, 0.25) is 10.0 Å². The Morgan fingerprint density at radius 2 is 1.50 bits per heavy atom. The SMILES string of the molecule is CN(S(C)(=O)=O)S(=O)(=O)F. The Morgan fingerprint density at radius 3 is 1.50 bits per heavy atom. The topological polar surface area (TPSA) is 71.5 Å². The van der Waals surface area contributed by atoms with Crippen LogP contribution in [0.25, 0.3) is 0 Å². The predicted octanol–water partition coefficient (Wildman–Crippen LogP) is -0.908. The number of rotatable bonds is 2. The molecule has 0 aliphatic heterocycles. The molecule has 0 N–H and O–H groups in total. The summed E-state index contributed by atoms with van der Waals surface area (Å²) in [5.41, 5.74) is 0. The second-order valence-corrected chi connectivity index (χ2v) is 5.20. The standard InChI is InChI=1S/C2H6FNO4S2/c1-4(9(2,5)6)10(3,7)8/h1-2H3. The van der Waals surface area contributed by atoms with E-state index >= 15 is 0 Å². The van der Waals surface area contributed by atoms with Crippen LogP contribution in [0.1, 0.15) is 0 Å². The predicted molar refractivity (Wildman–Crippen MR) is 32.6 cm³/mol. The molecule has 0 radical (unpaired) electrons. The summed E-state index contributed by atoms with van der Waals surface area (Å²) in [6.07, 6.45) is 0.587. The number of halogens is 1. The molecule has 0 amide bonds. The van der Waals surface area contributed by atoms with E-state index in [9.17, 15) is 20.7 Å². The number of sulfonamides is 1. The van der Waals surface area contributed by atoms with Crippen molar-refractivity contribution in [1.29, 1.82) is 0 Å². The van der Waals surface area contributed by atoms with Crippen molar-refractivity contribution in [2.45, 2.75) is 0 Å². The first-order valence-corrected chi connectivity index (χ1v) is 5.23. The maximum Gasteiger partial charge on any atom is 0.387 e. The summed E-state index contributed by atoms with van der Waals surface area (Å²) in [7, 11) is -8.49. The Morgan fingerprint density at radius 1 is 1.20 bits per heavy atom. The van der Waals surface area contributed by atoms with Crippen molar-refractivity contribution in [3.05, 3.63) is 0 Å². The second kappa shape index (κ2) is 2.44. The molecule has 0 atom stereocenters. The largest absolute Gasteiger partial charge is 0.387 e. The molecular weight excluding hydrogens is 185 g/mol. The van der Waals surface area contributed by atoms with E-state index in [0.717, 1.165) is 0 Å². The van der Waals surface area contributed by atoms with E-state index in [1.807, 2.05) is 0 Å². The van der Waals surface area contributed by atoms with Crippen molar-refractivity contribution in [1.82, 2.24) is 3.71 Å². The molecule has 10 heavy (non-hydrogen) atoms. The smallest absolute Gasteiger partial charge is 0.211 e. The second-order valence-electron chi connectivity index (χ2n) is 1.58. The molecule has 0 rings (SSSR count). The van der Waals surface area contributed by atoms with Gasteiger partial charge in [-0.1, -0.05) is 7.60 Å². The molecule has 0 aromatic carbocycles. The lowest BCUT2D eigenvalue weighted by atomic mass is 11.6. The van der Waals surface area contributed by atoms with Gasteiger partial charge in [-0.05, 0) is 0 Å². The normalized spacial score (nSPS) is 14.0. The zero-order chi connectivity index (χ0) is 8.58. The first-order chi connectivity index (χ1) is 4.15. The summed E-state index contributed by atoms with van der Waals surface area (Å²) in [5.74, 6) is 0. The minimum Gasteiger partial charge on any atom is -0.211 e. The Labute approximate surface area is 58.8 Å². The van der Waals surface area contributed by atoms with Gasteiger partial charge in [0, 0.05) is 7.05 Å². The van der Waals surface area contributed by atoms with Crippen molar-refractivity contribution in [2.24, 2.45) is 0 Å². The summed E-state index contributed by atoms with van der Waals surface area (Å²) >= 11 is 0. The van der Waals surface area contributed by atoms with E-state index in [1.165, 1.54) is 0 Å². The summed E-state index contributed by atoms with van der Waals surface area (Å²) in [6.45, 7) is 0. The van der Waals surface area contributed by atoms with Gasteiger partial charge in [0.25, 0.3) is 0 Å². The van der Waals surface area contributed by atoms with Crippen molar-refractivity contribution < 1.29 is 20.7 Å². The highest BCUT2D eigenvalue weighted by atomic mass is 32.3. The summed E-state index contributed by atoms with van der Waals surface area (Å²) in [4.78, 5) is 0. The van der Waals surface area contributed by atoms with Crippen molar-refractivity contribution in [3.8, 4) is 0 Å². The molecule has 0 spiro atoms. The molecular formula is C2H6FNO4S2. The fourth-order valence-corrected chi connectivity index (χ4v) is 1.46. The zero-order valence-electron chi connectivity index (χ0n) is 5.27. The Balaban J connectivity index is 4.94. The third-order valence-corrected chi connectivity index (χ3v) is 3.67. The van der Waals surface area contributed by atoms with Gasteiger partial charge in [-0.15, -0.1) is 0 Å². The van der Waals surface area contributed by atoms with Crippen LogP contribution in [0.15, 0.2) is 0 Å². The molecule has 0 aromatic rings. The number of hydrogen-bond donors (Lipinski definition) is 0. The highest BCUT2D eigenvalue weighted by molar-refractivity contribution is 8.01. The number of hydrogen-bond acceptors (Lipinski definition) is 4. The molecule has 0 aliphatic carbocycles. The molecule has 0 aliphatic rings. The lowest BCUT2D eigenvalue weighted by Crippen LogP contribution is -2.28. The van der Waals surface area contributed by atoms with Gasteiger partial charge in [-0.2, -0.15) is 8.42 Å². The molecule has 0 heterocycles. The molecule has 0 unspecified atom stereocenters. The monoisotopic (exact) mass is 191 g/mol. The molecule has 0 aromatic heterocycles. The molecule has 5 nitrogen and oxygen atoms in total. The fourth-order valence-electron chi connectivity index (χ4n) is 0.162. The maximum absolute atomic E-state index is 11.8. The van der Waals surface area contributed by atoms with Gasteiger partial charge < -0.3 is 0 Å². The zero-order valence-corrected chi connectivity index (χ0v) is 6.91. The Bertz CT molecular complexity index is 270. The Hall–Kier alpha value is -0.210. The van der Waals surface area contributed by atoms with Gasteiger partial charge in [-0.3, -0.25) is 0 Å². The summed E-state index contributed by atoms with van der Waals surface area (Å²) in [6, 6.07) is 0. The molecule has 0 saturated heterocycles. The molecule has 0 saturated carbocycles. The molecule has 62 valence electrons. The molecule has 0 fully saturated rings. The van der Waals surface area contributed by atoms with Crippen molar-refractivity contribution in [2.75, 3.05) is 13.3 Å². The van der Waals surface area contributed by atoms with Gasteiger partial charge in [0.05, 0.1) is 6.26 Å². The minimum absolute atomic E-state index is 0.347. The van der Waals surface area contributed by atoms with Gasteiger partial charge >= 0.3 is 10.4 Å². The fraction of sp³-hybridized carbons (Fsp3) is 1.00. The van der Waals surface area contributed by atoms with E-state index < -0.39 is 20.4 Å². The van der Waals surface area contributed by atoms with Crippen molar-refractivity contribution in [3.63, 3.8) is 0 Å². The van der Waals surface area contributed by atoms with E-state index in [0.29, 0.717) is 13.3 Å². The average molecular weight is 191 g/mol. The van der Waals surface area contributed by atoms with Crippen LogP contribution in [-0.2, 0) is 20.4 Å². The van der Waals surface area contributed by atoms with Gasteiger partial charge in [0.1, 0.15) is 0 Å². The van der Waals surface area contributed by atoms with E-state index in [1.54, 1.807) is 0 Å². The van der Waals surface area contributed by atoms with E-state index in [2.05, 4.69) is 0 Å². The minimum atomic E-state index is -5.12. The van der Waals surface area contributed by atoms with Gasteiger partial charge in [-0.25, -0.2) is 8.42 Å². The lowest BCUT2D eigenvalue weighted by Gasteiger charge is -2.05. The number of nitrogens with zero attached hydrogens (tertiary/aromatic N) is 1. The quantitative estimate of drug-likeness (QED) is 0.530. The average Bonchev–Trinajstić information content (AvgIpc) is 1.59. The summed E-state index contributed by atoms with van der Waals surface area (Å²) < 4.78 is 51.7. The van der Waals surface area contributed by atoms with Crippen LogP contribution in [0.5, 0.6) is 0 Å². The maximum atomic E-state index is 11.8. The lowest BCUT2D eigenvalue weighted by molar-refractivity contribution is 0.494. The Kier molecular flexibility index (Phi) is 2.39. The van der Waals surface area contributed by atoms with Crippen LogP contribution in [0, 0.1) is 0 Å². The van der Waals surface area contributed by atoms with Gasteiger partial charge in [0.15, 0.2) is 0 Å². The highest BCUT2D eigenvalue weighted by Gasteiger charge is 2.24. The summed E-state index contributed by atoms with van der Waals surface area (Å²) in [5, 5.41) is 0. The van der Waals surface area contributed by atoms with Crippen LogP contribution >= 0.6 is 0 Å². The van der Waals surface area contributed by atoms with Crippen LogP contribution in [0.3, 0.4) is 0 Å². The van der Waals surface area contributed by atoms with Crippen molar-refractivity contribution >= 4 is 20.4 Å². The third-order valence-electron chi connectivity index (χ3n) is 0.774. The van der Waals surface area contributed by atoms with E-state index in [4.69, 9.17) is 0 Å². The van der Waals surface area contributed by atoms with Crippen LogP contribution in [0.4, 0.5) is 3.89 Å². The van der Waals surface area contributed by atoms with Crippen LogP contribution < -0.4 is 0 Å². The highest BCUT2D eigenvalue weighted by Crippen LogP contribution is 2.03.